The number of nitrogens with zero attached hydrogens (tertiary/aromatic N) is 3. The summed E-state index contributed by atoms with van der Waals surface area (Å²) in [5, 5.41) is 21.0. The van der Waals surface area contributed by atoms with E-state index >= 15 is 0 Å². The predicted octanol–water partition coefficient (Wildman–Crippen LogP) is 4.38. The number of benzene rings is 2. The van der Waals surface area contributed by atoms with Crippen molar-refractivity contribution < 1.29 is 19.1 Å². The van der Waals surface area contributed by atoms with Gasteiger partial charge in [-0.25, -0.2) is 9.59 Å². The van der Waals surface area contributed by atoms with Gasteiger partial charge in [0, 0.05) is 12.1 Å². The molecule has 0 spiro atoms. The Kier molecular flexibility index (Phi) is 6.53. The van der Waals surface area contributed by atoms with Gasteiger partial charge in [-0.2, -0.15) is 10.5 Å². The molecule has 2 heterocycles. The van der Waals surface area contributed by atoms with Crippen LogP contribution in [-0.4, -0.2) is 31.1 Å². The Balaban J connectivity index is 1.98. The van der Waals surface area contributed by atoms with Gasteiger partial charge >= 0.3 is 11.9 Å². The highest BCUT2D eigenvalue weighted by atomic mass is 16.5. The molecule has 0 bridgehead atoms. The molecule has 0 N–H and O–H groups in total. The number of carbonyl (C=O) groups is 2. The van der Waals surface area contributed by atoms with E-state index in [9.17, 15) is 20.1 Å². The lowest BCUT2D eigenvalue weighted by Crippen LogP contribution is -2.51. The molecule has 0 aliphatic carbocycles. The first-order chi connectivity index (χ1) is 17.0. The lowest BCUT2D eigenvalue weighted by Gasteiger charge is -2.49. The molecule has 0 saturated heterocycles. The zero-order valence-corrected chi connectivity index (χ0v) is 19.3. The minimum absolute atomic E-state index is 0.0330. The zero-order valence-electron chi connectivity index (χ0n) is 19.3. The van der Waals surface area contributed by atoms with Gasteiger partial charge in [0.15, 0.2) is 5.41 Å². The molecule has 0 saturated carbocycles. The highest BCUT2D eigenvalue weighted by molar-refractivity contribution is 6.01. The van der Waals surface area contributed by atoms with Crippen molar-refractivity contribution in [3.8, 4) is 12.1 Å². The van der Waals surface area contributed by atoms with Crippen molar-refractivity contribution >= 4 is 24.1 Å². The summed E-state index contributed by atoms with van der Waals surface area (Å²) in [4.78, 5) is 27.6. The Morgan fingerprint density at radius 1 is 1.00 bits per heavy atom. The quantitative estimate of drug-likeness (QED) is 0.604. The van der Waals surface area contributed by atoms with Crippen LogP contribution in [0.5, 0.6) is 0 Å². The molecular weight excluding hydrogens is 442 g/mol. The van der Waals surface area contributed by atoms with Crippen LogP contribution in [0.15, 0.2) is 78.1 Å². The van der Waals surface area contributed by atoms with E-state index in [2.05, 4.69) is 12.1 Å². The van der Waals surface area contributed by atoms with E-state index in [0.717, 1.165) is 11.1 Å². The number of ether oxygens (including phenoxy) is 2. The molecule has 0 aromatic heterocycles. The normalized spacial score (nSPS) is 19.8. The van der Waals surface area contributed by atoms with Crippen LogP contribution in [0, 0.1) is 34.0 Å². The van der Waals surface area contributed by atoms with Gasteiger partial charge in [0.25, 0.3) is 0 Å². The number of nitriles is 2. The molecule has 0 fully saturated rings. The van der Waals surface area contributed by atoms with Crippen LogP contribution < -0.4 is 0 Å². The summed E-state index contributed by atoms with van der Waals surface area (Å²) >= 11 is 0. The smallest absolute Gasteiger partial charge is 0.355 e. The summed E-state index contributed by atoms with van der Waals surface area (Å²) in [7, 11) is 2.43. The predicted molar refractivity (Wildman–Crippen MR) is 128 cm³/mol. The zero-order chi connectivity index (χ0) is 25.0. The van der Waals surface area contributed by atoms with Crippen molar-refractivity contribution in [2.24, 2.45) is 11.3 Å². The molecule has 2 aliphatic heterocycles. The van der Waals surface area contributed by atoms with Crippen molar-refractivity contribution in [1.29, 1.82) is 10.5 Å². The summed E-state index contributed by atoms with van der Waals surface area (Å²) in [6, 6.07) is 20.5. The molecule has 174 valence electrons. The monoisotopic (exact) mass is 465 g/mol. The van der Waals surface area contributed by atoms with Crippen LogP contribution in [0.1, 0.15) is 29.2 Å². The van der Waals surface area contributed by atoms with E-state index in [1.807, 2.05) is 66.7 Å². The third kappa shape index (κ3) is 3.88. The van der Waals surface area contributed by atoms with Crippen LogP contribution in [0.4, 0.5) is 0 Å². The van der Waals surface area contributed by atoms with Crippen LogP contribution >= 0.6 is 0 Å². The molecule has 4 rings (SSSR count). The summed E-state index contributed by atoms with van der Waals surface area (Å²) in [6.07, 6.45) is 7.20. The van der Waals surface area contributed by atoms with Gasteiger partial charge in [0.1, 0.15) is 5.70 Å². The van der Waals surface area contributed by atoms with Gasteiger partial charge in [-0.1, -0.05) is 66.7 Å². The molecule has 2 aromatic rings. The Labute approximate surface area is 203 Å². The van der Waals surface area contributed by atoms with Gasteiger partial charge in [0.05, 0.1) is 38.0 Å². The van der Waals surface area contributed by atoms with Gasteiger partial charge in [-0.15, -0.1) is 0 Å². The molecule has 0 unspecified atom stereocenters. The number of allylic oxidation sites excluding steroid dienone is 1. The first-order valence-corrected chi connectivity index (χ1v) is 11.0. The van der Waals surface area contributed by atoms with E-state index in [4.69, 9.17) is 9.47 Å². The number of fused-ring (bicyclic) bond motifs is 3. The van der Waals surface area contributed by atoms with E-state index < -0.39 is 29.3 Å². The fourth-order valence-electron chi connectivity index (χ4n) is 4.87. The van der Waals surface area contributed by atoms with Crippen molar-refractivity contribution in [3.05, 3.63) is 94.8 Å². The standard InChI is InChI=1S/C28H23N3O4/c1-34-26(32)23-22(14-8-11-19-9-4-3-5-10-19)28(17-29,18-30)25-21-13-7-6-12-20(21)15-16-31(25)24(23)27(33)35-2/h3-13,15-16,22,25H,14H2,1-2H3/b11-8+/t22-,25-/m0/s1. The van der Waals surface area contributed by atoms with Gasteiger partial charge in [-0.05, 0) is 29.2 Å². The lowest BCUT2D eigenvalue weighted by molar-refractivity contribution is -0.142. The van der Waals surface area contributed by atoms with Crippen molar-refractivity contribution in [2.75, 3.05) is 14.2 Å². The average Bonchev–Trinajstić information content (AvgIpc) is 2.91. The molecule has 2 aromatic carbocycles. The third-order valence-corrected chi connectivity index (χ3v) is 6.46. The van der Waals surface area contributed by atoms with Crippen LogP contribution in [0.25, 0.3) is 12.2 Å². The number of esters is 2. The van der Waals surface area contributed by atoms with Crippen LogP contribution in [0.3, 0.4) is 0 Å². The summed E-state index contributed by atoms with van der Waals surface area (Å²) < 4.78 is 10.1. The largest absolute Gasteiger partial charge is 0.466 e. The first-order valence-electron chi connectivity index (χ1n) is 11.0. The number of carbonyl (C=O) groups excluding carboxylic acids is 2. The van der Waals surface area contributed by atoms with Crippen LogP contribution in [-0.2, 0) is 19.1 Å². The van der Waals surface area contributed by atoms with Crippen molar-refractivity contribution in [2.45, 2.75) is 12.5 Å². The number of methoxy groups -OCH3 is 2. The highest BCUT2D eigenvalue weighted by Gasteiger charge is 2.59. The average molecular weight is 466 g/mol. The highest BCUT2D eigenvalue weighted by Crippen LogP contribution is 2.56. The number of hydrogen-bond acceptors (Lipinski definition) is 7. The number of hydrogen-bond donors (Lipinski definition) is 0. The molecule has 7 nitrogen and oxygen atoms in total. The molecular formula is C28H23N3O4. The first kappa shape index (κ1) is 23.5. The Hall–Kier alpha value is -4.62. The molecule has 0 radical (unpaired) electrons. The Morgan fingerprint density at radius 3 is 2.31 bits per heavy atom. The van der Waals surface area contributed by atoms with Gasteiger partial charge < -0.3 is 14.4 Å². The van der Waals surface area contributed by atoms with E-state index in [-0.39, 0.29) is 17.7 Å². The summed E-state index contributed by atoms with van der Waals surface area (Å²) in [5.74, 6) is -2.50. The van der Waals surface area contributed by atoms with E-state index in [1.165, 1.54) is 19.1 Å². The SMILES string of the molecule is COC(=O)C1=C(C(=O)OC)N2C=Cc3ccccc3[C@H]2C(C#N)(C#N)[C@H]1C/C=C/c1ccccc1. The van der Waals surface area contributed by atoms with Crippen molar-refractivity contribution in [3.63, 3.8) is 0 Å². The van der Waals surface area contributed by atoms with Crippen molar-refractivity contribution in [1.82, 2.24) is 4.90 Å². The fourth-order valence-corrected chi connectivity index (χ4v) is 4.87. The topological polar surface area (TPSA) is 103 Å². The van der Waals surface area contributed by atoms with E-state index in [1.54, 1.807) is 12.3 Å². The Bertz CT molecular complexity index is 1310. The Morgan fingerprint density at radius 2 is 1.66 bits per heavy atom. The minimum Gasteiger partial charge on any atom is -0.466 e. The van der Waals surface area contributed by atoms with Gasteiger partial charge in [0.2, 0.25) is 0 Å². The molecule has 35 heavy (non-hydrogen) atoms. The second-order valence-electron chi connectivity index (χ2n) is 8.19. The molecule has 2 atom stereocenters. The maximum absolute atomic E-state index is 13.1. The molecule has 0 amide bonds. The second kappa shape index (κ2) is 9.70. The summed E-state index contributed by atoms with van der Waals surface area (Å²) in [5.41, 5.74) is 0.665. The summed E-state index contributed by atoms with van der Waals surface area (Å²) in [6.45, 7) is 0. The maximum atomic E-state index is 13.1. The van der Waals surface area contributed by atoms with Crippen LogP contribution in [0.2, 0.25) is 0 Å². The number of rotatable bonds is 5. The van der Waals surface area contributed by atoms with Gasteiger partial charge in [-0.3, -0.25) is 0 Å². The van der Waals surface area contributed by atoms with E-state index in [0.29, 0.717) is 5.56 Å². The molecule has 2 aliphatic rings. The third-order valence-electron chi connectivity index (χ3n) is 6.46. The second-order valence-corrected chi connectivity index (χ2v) is 8.19. The minimum atomic E-state index is -1.71. The maximum Gasteiger partial charge on any atom is 0.355 e. The fraction of sp³-hybridized carbons (Fsp3) is 0.214. The lowest BCUT2D eigenvalue weighted by atomic mass is 9.61. The molecule has 7 heteroatoms.